The molecule has 92 valence electrons. The Hall–Kier alpha value is -1.62. The minimum atomic E-state index is -1.01. The number of rotatable bonds is 4. The molecule has 4 nitrogen and oxygen atoms in total. The van der Waals surface area contributed by atoms with Gasteiger partial charge in [0.25, 0.3) is 0 Å². The van der Waals surface area contributed by atoms with E-state index in [-0.39, 0.29) is 18.5 Å². The van der Waals surface area contributed by atoms with Gasteiger partial charge in [-0.15, -0.1) is 0 Å². The van der Waals surface area contributed by atoms with Crippen LogP contribution in [-0.4, -0.2) is 29.9 Å². The molecule has 1 aromatic rings. The first-order valence-corrected chi connectivity index (χ1v) is 5.36. The van der Waals surface area contributed by atoms with Crippen molar-refractivity contribution in [3.8, 4) is 5.75 Å². The van der Waals surface area contributed by atoms with E-state index in [0.717, 1.165) is 5.56 Å². The summed E-state index contributed by atoms with van der Waals surface area (Å²) in [7, 11) is 0. The average molecular weight is 240 g/mol. The number of hydrogen-bond acceptors (Lipinski definition) is 3. The van der Waals surface area contributed by atoms with E-state index < -0.39 is 12.1 Å². The maximum absolute atomic E-state index is 12.9. The van der Waals surface area contributed by atoms with Crippen molar-refractivity contribution in [2.75, 3.05) is 6.61 Å². The van der Waals surface area contributed by atoms with Gasteiger partial charge in [0.15, 0.2) is 6.10 Å². The second-order valence-corrected chi connectivity index (χ2v) is 4.01. The molecule has 0 saturated heterocycles. The van der Waals surface area contributed by atoms with Crippen molar-refractivity contribution in [3.63, 3.8) is 0 Å². The third-order valence-corrected chi connectivity index (χ3v) is 2.64. The van der Waals surface area contributed by atoms with Gasteiger partial charge in [0.2, 0.25) is 0 Å². The van der Waals surface area contributed by atoms with Crippen LogP contribution in [0.2, 0.25) is 0 Å². The van der Waals surface area contributed by atoms with E-state index in [1.807, 2.05) is 0 Å². The van der Waals surface area contributed by atoms with Gasteiger partial charge in [-0.25, -0.2) is 9.18 Å². The third-order valence-electron chi connectivity index (χ3n) is 2.64. The fourth-order valence-corrected chi connectivity index (χ4v) is 1.70. The number of benzene rings is 1. The number of fused-ring (bicyclic) bond motifs is 1. The van der Waals surface area contributed by atoms with Gasteiger partial charge < -0.3 is 14.6 Å². The van der Waals surface area contributed by atoms with Crippen molar-refractivity contribution in [3.05, 3.63) is 29.6 Å². The van der Waals surface area contributed by atoms with Crippen LogP contribution in [0, 0.1) is 5.82 Å². The van der Waals surface area contributed by atoms with Crippen LogP contribution in [0.15, 0.2) is 18.2 Å². The Kier molecular flexibility index (Phi) is 3.28. The first-order valence-electron chi connectivity index (χ1n) is 5.36. The molecular weight excluding hydrogens is 227 g/mol. The lowest BCUT2D eigenvalue weighted by Crippen LogP contribution is -2.27. The highest BCUT2D eigenvalue weighted by atomic mass is 19.1. The van der Waals surface area contributed by atoms with Gasteiger partial charge in [0.1, 0.15) is 17.7 Å². The number of aliphatic carboxylic acids is 1. The Morgan fingerprint density at radius 2 is 2.47 bits per heavy atom. The third kappa shape index (κ3) is 2.74. The number of ether oxygens (including phenoxy) is 2. The number of halogens is 1. The normalized spacial score (nSPS) is 19.5. The van der Waals surface area contributed by atoms with E-state index in [1.165, 1.54) is 19.1 Å². The van der Waals surface area contributed by atoms with Crippen LogP contribution in [0.5, 0.6) is 5.75 Å². The predicted molar refractivity (Wildman–Crippen MR) is 57.6 cm³/mol. The summed E-state index contributed by atoms with van der Waals surface area (Å²) in [5, 5.41) is 8.65. The van der Waals surface area contributed by atoms with Gasteiger partial charge in [-0.1, -0.05) is 0 Å². The fourth-order valence-electron chi connectivity index (χ4n) is 1.70. The van der Waals surface area contributed by atoms with Crippen molar-refractivity contribution in [2.45, 2.75) is 25.6 Å². The minimum Gasteiger partial charge on any atom is -0.487 e. The second-order valence-electron chi connectivity index (χ2n) is 4.01. The molecule has 0 radical (unpaired) electrons. The zero-order valence-electron chi connectivity index (χ0n) is 9.35. The van der Waals surface area contributed by atoms with E-state index in [1.54, 1.807) is 6.07 Å². The van der Waals surface area contributed by atoms with Gasteiger partial charge in [-0.3, -0.25) is 0 Å². The SMILES string of the molecule is CC(OCC1Cc2cc(F)ccc2O1)C(=O)O. The molecule has 1 aliphatic heterocycles. The maximum atomic E-state index is 12.9. The van der Waals surface area contributed by atoms with Crippen LogP contribution in [0.25, 0.3) is 0 Å². The molecule has 0 saturated carbocycles. The number of carboxylic acid groups (broad SMARTS) is 1. The quantitative estimate of drug-likeness (QED) is 0.868. The van der Waals surface area contributed by atoms with Crippen LogP contribution >= 0.6 is 0 Å². The van der Waals surface area contributed by atoms with E-state index in [2.05, 4.69) is 0 Å². The highest BCUT2D eigenvalue weighted by Gasteiger charge is 2.24. The molecule has 2 atom stereocenters. The van der Waals surface area contributed by atoms with E-state index in [9.17, 15) is 9.18 Å². The molecule has 17 heavy (non-hydrogen) atoms. The number of carbonyl (C=O) groups is 1. The molecule has 0 aliphatic carbocycles. The highest BCUT2D eigenvalue weighted by Crippen LogP contribution is 2.29. The summed E-state index contributed by atoms with van der Waals surface area (Å²) in [4.78, 5) is 10.6. The molecule has 2 unspecified atom stereocenters. The Balaban J connectivity index is 1.90. The Morgan fingerprint density at radius 1 is 1.71 bits per heavy atom. The topological polar surface area (TPSA) is 55.8 Å². The van der Waals surface area contributed by atoms with Gasteiger partial charge in [-0.05, 0) is 25.1 Å². The summed E-state index contributed by atoms with van der Waals surface area (Å²) >= 11 is 0. The van der Waals surface area contributed by atoms with Gasteiger partial charge in [0.05, 0.1) is 6.61 Å². The lowest BCUT2D eigenvalue weighted by molar-refractivity contribution is -0.150. The predicted octanol–water partition coefficient (Wildman–Crippen LogP) is 1.62. The van der Waals surface area contributed by atoms with Gasteiger partial charge in [-0.2, -0.15) is 0 Å². The molecule has 0 bridgehead atoms. The molecule has 5 heteroatoms. The largest absolute Gasteiger partial charge is 0.487 e. The van der Waals surface area contributed by atoms with Crippen LogP contribution < -0.4 is 4.74 Å². The van der Waals surface area contributed by atoms with Crippen molar-refractivity contribution >= 4 is 5.97 Å². The lowest BCUT2D eigenvalue weighted by atomic mass is 10.1. The minimum absolute atomic E-state index is 0.184. The van der Waals surface area contributed by atoms with Crippen LogP contribution in [0.4, 0.5) is 4.39 Å². The fraction of sp³-hybridized carbons (Fsp3) is 0.417. The standard InChI is InChI=1S/C12H13FO4/c1-7(12(14)15)16-6-10-5-8-4-9(13)2-3-11(8)17-10/h2-4,7,10H,5-6H2,1H3,(H,14,15). The molecule has 0 amide bonds. The number of carboxylic acids is 1. The summed E-state index contributed by atoms with van der Waals surface area (Å²) in [6.07, 6.45) is -0.563. The summed E-state index contributed by atoms with van der Waals surface area (Å²) in [5.41, 5.74) is 0.793. The summed E-state index contributed by atoms with van der Waals surface area (Å²) in [6.45, 7) is 1.65. The smallest absolute Gasteiger partial charge is 0.332 e. The monoisotopic (exact) mass is 240 g/mol. The summed E-state index contributed by atoms with van der Waals surface area (Å²) in [6, 6.07) is 4.34. The molecule has 0 spiro atoms. The highest BCUT2D eigenvalue weighted by molar-refractivity contribution is 5.71. The molecule has 0 aromatic heterocycles. The lowest BCUT2D eigenvalue weighted by Gasteiger charge is -2.13. The van der Waals surface area contributed by atoms with Crippen molar-refractivity contribution in [2.24, 2.45) is 0 Å². The van der Waals surface area contributed by atoms with Crippen molar-refractivity contribution in [1.82, 2.24) is 0 Å². The van der Waals surface area contributed by atoms with E-state index in [0.29, 0.717) is 12.2 Å². The molecule has 1 aliphatic rings. The van der Waals surface area contributed by atoms with Crippen LogP contribution in [0.1, 0.15) is 12.5 Å². The summed E-state index contributed by atoms with van der Waals surface area (Å²) < 4.78 is 23.6. The molecule has 1 N–H and O–H groups in total. The average Bonchev–Trinajstić information content (AvgIpc) is 2.67. The van der Waals surface area contributed by atoms with Gasteiger partial charge >= 0.3 is 5.97 Å². The molecule has 1 aromatic carbocycles. The first-order chi connectivity index (χ1) is 8.06. The van der Waals surface area contributed by atoms with Crippen molar-refractivity contribution < 1.29 is 23.8 Å². The molecule has 0 fully saturated rings. The number of hydrogen-bond donors (Lipinski definition) is 1. The Bertz CT molecular complexity index is 433. The van der Waals surface area contributed by atoms with Crippen LogP contribution in [0.3, 0.4) is 0 Å². The molecule has 1 heterocycles. The van der Waals surface area contributed by atoms with E-state index >= 15 is 0 Å². The van der Waals surface area contributed by atoms with E-state index in [4.69, 9.17) is 14.6 Å². The zero-order chi connectivity index (χ0) is 12.4. The van der Waals surface area contributed by atoms with Gasteiger partial charge in [0, 0.05) is 12.0 Å². The molecule has 2 rings (SSSR count). The van der Waals surface area contributed by atoms with Crippen molar-refractivity contribution in [1.29, 1.82) is 0 Å². The zero-order valence-corrected chi connectivity index (χ0v) is 9.35. The Labute approximate surface area is 98.0 Å². The Morgan fingerprint density at radius 3 is 3.18 bits per heavy atom. The maximum Gasteiger partial charge on any atom is 0.332 e. The second kappa shape index (κ2) is 4.71. The first kappa shape index (κ1) is 11.9. The summed E-state index contributed by atoms with van der Waals surface area (Å²) in [5.74, 6) is -0.664. The molecular formula is C12H13FO4. The van der Waals surface area contributed by atoms with Crippen LogP contribution in [-0.2, 0) is 16.0 Å².